The third kappa shape index (κ3) is 1.50. The van der Waals surface area contributed by atoms with Gasteiger partial charge in [-0.25, -0.2) is 0 Å². The van der Waals surface area contributed by atoms with E-state index in [2.05, 4.69) is 15.9 Å². The molecule has 5 heteroatoms. The molecule has 0 heterocycles. The summed E-state index contributed by atoms with van der Waals surface area (Å²) in [5, 5.41) is 10.4. The number of carbonyl (C=O) groups is 1. The van der Waals surface area contributed by atoms with Crippen molar-refractivity contribution in [1.82, 2.24) is 0 Å². The van der Waals surface area contributed by atoms with Gasteiger partial charge in [-0.3, -0.25) is 0 Å². The van der Waals surface area contributed by atoms with Crippen LogP contribution in [0.2, 0.25) is 0 Å². The number of hydrogen-bond donors (Lipinski definition) is 2. The molecule has 0 unspecified atom stereocenters. The number of aromatic carboxylic acids is 1. The van der Waals surface area contributed by atoms with E-state index in [9.17, 15) is 9.90 Å². The van der Waals surface area contributed by atoms with Gasteiger partial charge in [0.2, 0.25) is 0 Å². The van der Waals surface area contributed by atoms with Gasteiger partial charge in [0.15, 0.2) is 0 Å². The van der Waals surface area contributed by atoms with E-state index in [-0.39, 0.29) is 11.3 Å². The monoisotopic (exact) mass is 229 g/mol. The lowest BCUT2D eigenvalue weighted by atomic mass is 10.2. The van der Waals surface area contributed by atoms with E-state index in [1.807, 2.05) is 0 Å². The predicted octanol–water partition coefficient (Wildman–Crippen LogP) is -0.0230. The zero-order valence-corrected chi connectivity index (χ0v) is 7.59. The minimum Gasteiger partial charge on any atom is -0.545 e. The van der Waals surface area contributed by atoms with Crippen molar-refractivity contribution in [2.24, 2.45) is 0 Å². The molecule has 0 aliphatic rings. The third-order valence-corrected chi connectivity index (χ3v) is 2.05. The zero-order chi connectivity index (χ0) is 9.30. The molecule has 64 valence electrons. The minimum absolute atomic E-state index is 0.00794. The Bertz CT molecular complexity index is 315. The maximum atomic E-state index is 10.4. The number of carbonyl (C=O) groups excluding carboxylic acids is 1. The highest BCUT2D eigenvalue weighted by Crippen LogP contribution is 2.26. The van der Waals surface area contributed by atoms with Gasteiger partial charge in [0.05, 0.1) is 17.3 Å². The van der Waals surface area contributed by atoms with Crippen molar-refractivity contribution in [2.75, 3.05) is 11.5 Å². The fraction of sp³-hybridized carbons (Fsp3) is 0. The quantitative estimate of drug-likeness (QED) is 0.663. The van der Waals surface area contributed by atoms with E-state index < -0.39 is 5.97 Å². The van der Waals surface area contributed by atoms with Crippen LogP contribution in [-0.2, 0) is 0 Å². The maximum absolute atomic E-state index is 10.4. The highest BCUT2D eigenvalue weighted by molar-refractivity contribution is 9.10. The Kier molecular flexibility index (Phi) is 2.23. The fourth-order valence-electron chi connectivity index (χ4n) is 0.757. The van der Waals surface area contributed by atoms with Gasteiger partial charge in [0, 0.05) is 10.0 Å². The van der Waals surface area contributed by atoms with Crippen LogP contribution in [0.25, 0.3) is 0 Å². The zero-order valence-electron chi connectivity index (χ0n) is 6.00. The molecule has 0 bridgehead atoms. The van der Waals surface area contributed by atoms with Crippen molar-refractivity contribution in [2.45, 2.75) is 0 Å². The van der Waals surface area contributed by atoms with E-state index >= 15 is 0 Å². The lowest BCUT2D eigenvalue weighted by Crippen LogP contribution is -2.22. The van der Waals surface area contributed by atoms with E-state index in [0.717, 1.165) is 0 Å². The van der Waals surface area contributed by atoms with Crippen LogP contribution in [0.1, 0.15) is 10.4 Å². The second-order valence-corrected chi connectivity index (χ2v) is 3.10. The topological polar surface area (TPSA) is 92.2 Å². The highest BCUT2D eigenvalue weighted by atomic mass is 79.9. The van der Waals surface area contributed by atoms with Gasteiger partial charge in [-0.1, -0.05) is 0 Å². The molecule has 1 aromatic carbocycles. The Morgan fingerprint density at radius 1 is 1.42 bits per heavy atom. The second kappa shape index (κ2) is 3.02. The number of hydrogen-bond acceptors (Lipinski definition) is 4. The lowest BCUT2D eigenvalue weighted by molar-refractivity contribution is -0.255. The largest absolute Gasteiger partial charge is 0.545 e. The average molecular weight is 230 g/mol. The molecule has 1 aromatic rings. The Labute approximate surface area is 77.3 Å². The summed E-state index contributed by atoms with van der Waals surface area (Å²) in [5.41, 5.74) is 11.4. The SMILES string of the molecule is Nc1cc(C(=O)[O-])cc(Br)c1N. The maximum Gasteiger partial charge on any atom is 0.0716 e. The van der Waals surface area contributed by atoms with Crippen LogP contribution in [0.15, 0.2) is 16.6 Å². The summed E-state index contributed by atoms with van der Waals surface area (Å²) in [4.78, 5) is 10.4. The van der Waals surface area contributed by atoms with Crippen molar-refractivity contribution >= 4 is 33.3 Å². The molecule has 0 amide bonds. The first kappa shape index (κ1) is 8.86. The number of carboxylic acid groups (broad SMARTS) is 1. The smallest absolute Gasteiger partial charge is 0.0716 e. The summed E-state index contributed by atoms with van der Waals surface area (Å²) < 4.78 is 0.460. The van der Waals surface area contributed by atoms with Gasteiger partial charge in [0.25, 0.3) is 0 Å². The summed E-state index contributed by atoms with van der Waals surface area (Å²) in [6.45, 7) is 0. The number of anilines is 2. The normalized spacial score (nSPS) is 9.75. The van der Waals surface area contributed by atoms with Crippen molar-refractivity contribution in [3.05, 3.63) is 22.2 Å². The Balaban J connectivity index is 3.31. The molecule has 0 saturated carbocycles. The number of rotatable bonds is 1. The van der Waals surface area contributed by atoms with Crippen molar-refractivity contribution in [3.63, 3.8) is 0 Å². The first-order valence-corrected chi connectivity index (χ1v) is 3.87. The summed E-state index contributed by atoms with van der Waals surface area (Å²) in [6.07, 6.45) is 0. The Morgan fingerprint density at radius 2 is 2.00 bits per heavy atom. The number of nitrogens with two attached hydrogens (primary N) is 2. The molecule has 4 N–H and O–H groups in total. The first-order valence-electron chi connectivity index (χ1n) is 3.08. The van der Waals surface area contributed by atoms with Crippen LogP contribution < -0.4 is 16.6 Å². The molecule has 0 saturated heterocycles. The van der Waals surface area contributed by atoms with Crippen LogP contribution in [0.3, 0.4) is 0 Å². The highest BCUT2D eigenvalue weighted by Gasteiger charge is 2.03. The summed E-state index contributed by atoms with van der Waals surface area (Å²) in [7, 11) is 0. The minimum atomic E-state index is -1.28. The van der Waals surface area contributed by atoms with E-state index in [4.69, 9.17) is 11.5 Å². The van der Waals surface area contributed by atoms with Crippen LogP contribution in [0.4, 0.5) is 11.4 Å². The van der Waals surface area contributed by atoms with E-state index in [0.29, 0.717) is 10.2 Å². The molecular formula is C7H6BrN2O2-. The molecule has 0 spiro atoms. The number of nitrogen functional groups attached to an aromatic ring is 2. The molecule has 0 aliphatic carbocycles. The van der Waals surface area contributed by atoms with E-state index in [1.54, 1.807) is 0 Å². The molecule has 0 fully saturated rings. The molecule has 0 radical (unpaired) electrons. The molecular weight excluding hydrogens is 224 g/mol. The molecule has 0 aromatic heterocycles. The Morgan fingerprint density at radius 3 is 2.42 bits per heavy atom. The molecule has 0 atom stereocenters. The van der Waals surface area contributed by atoms with Crippen molar-refractivity contribution in [3.8, 4) is 0 Å². The van der Waals surface area contributed by atoms with Gasteiger partial charge in [-0.05, 0) is 28.1 Å². The van der Waals surface area contributed by atoms with Crippen molar-refractivity contribution < 1.29 is 9.90 Å². The standard InChI is InChI=1S/C7H7BrN2O2/c8-4-1-3(7(11)12)2-5(9)6(4)10/h1-2H,9-10H2,(H,11,12)/p-1. The van der Waals surface area contributed by atoms with Gasteiger partial charge < -0.3 is 21.4 Å². The Hall–Kier alpha value is -1.23. The second-order valence-electron chi connectivity index (χ2n) is 2.25. The van der Waals surface area contributed by atoms with Crippen LogP contribution in [-0.4, -0.2) is 5.97 Å². The molecule has 4 nitrogen and oxygen atoms in total. The summed E-state index contributed by atoms with van der Waals surface area (Å²) in [6, 6.07) is 2.61. The van der Waals surface area contributed by atoms with Crippen molar-refractivity contribution in [1.29, 1.82) is 0 Å². The molecule has 1 rings (SSSR count). The van der Waals surface area contributed by atoms with Crippen LogP contribution >= 0.6 is 15.9 Å². The number of benzene rings is 1. The summed E-state index contributed by atoms with van der Waals surface area (Å²) >= 11 is 3.07. The number of halogens is 1. The van der Waals surface area contributed by atoms with Gasteiger partial charge in [-0.2, -0.15) is 0 Å². The van der Waals surface area contributed by atoms with E-state index in [1.165, 1.54) is 12.1 Å². The van der Waals surface area contributed by atoms with Gasteiger partial charge in [0.1, 0.15) is 0 Å². The van der Waals surface area contributed by atoms with Crippen LogP contribution in [0.5, 0.6) is 0 Å². The molecule has 12 heavy (non-hydrogen) atoms. The van der Waals surface area contributed by atoms with Gasteiger partial charge in [-0.15, -0.1) is 0 Å². The lowest BCUT2D eigenvalue weighted by Gasteiger charge is -2.07. The van der Waals surface area contributed by atoms with Gasteiger partial charge >= 0.3 is 0 Å². The van der Waals surface area contributed by atoms with Crippen LogP contribution in [0, 0.1) is 0 Å². The number of carboxylic acids is 1. The average Bonchev–Trinajstić information content (AvgIpc) is 1.99. The fourth-order valence-corrected chi connectivity index (χ4v) is 1.23. The summed E-state index contributed by atoms with van der Waals surface area (Å²) in [5.74, 6) is -1.28. The molecule has 0 aliphatic heterocycles. The third-order valence-electron chi connectivity index (χ3n) is 1.40. The predicted molar refractivity (Wildman–Crippen MR) is 47.3 cm³/mol. The first-order chi connectivity index (χ1) is 5.52.